The lowest BCUT2D eigenvalue weighted by molar-refractivity contribution is 0.0669. The van der Waals surface area contributed by atoms with Crippen molar-refractivity contribution in [3.8, 4) is 0 Å². The normalized spacial score (nSPS) is 23.5. The zero-order chi connectivity index (χ0) is 14.8. The molecule has 0 aliphatic carbocycles. The summed E-state index contributed by atoms with van der Waals surface area (Å²) in [7, 11) is 0. The number of nitrogens with zero attached hydrogens (tertiary/aromatic N) is 1. The number of hydrogen-bond donors (Lipinski definition) is 1. The maximum Gasteiger partial charge on any atom is 0.256 e. The molecule has 1 unspecified atom stereocenters. The highest BCUT2D eigenvalue weighted by Crippen LogP contribution is 2.26. The maximum atomic E-state index is 13.9. The van der Waals surface area contributed by atoms with Gasteiger partial charge in [0.25, 0.3) is 5.91 Å². The summed E-state index contributed by atoms with van der Waals surface area (Å²) in [5.41, 5.74) is 1.05. The minimum atomic E-state index is -0.403. The van der Waals surface area contributed by atoms with Crippen molar-refractivity contribution in [1.82, 2.24) is 10.2 Å². The van der Waals surface area contributed by atoms with Crippen LogP contribution in [0.1, 0.15) is 41.6 Å². The first kappa shape index (κ1) is 14.5. The van der Waals surface area contributed by atoms with Crippen LogP contribution in [0.2, 0.25) is 0 Å². The molecule has 0 radical (unpaired) electrons. The highest BCUT2D eigenvalue weighted by molar-refractivity contribution is 5.94. The van der Waals surface area contributed by atoms with Crippen molar-refractivity contribution >= 4 is 5.91 Å². The second kappa shape index (κ2) is 6.14. The fraction of sp³-hybridized carbons (Fsp3) is 0.588. The molecule has 4 heteroatoms. The number of rotatable bonds is 2. The third-order valence-corrected chi connectivity index (χ3v) is 4.85. The summed E-state index contributed by atoms with van der Waals surface area (Å²) in [5, 5.41) is 3.55. The lowest BCUT2D eigenvalue weighted by Gasteiger charge is -2.35. The van der Waals surface area contributed by atoms with E-state index in [4.69, 9.17) is 0 Å². The molecule has 0 aromatic heterocycles. The summed E-state index contributed by atoms with van der Waals surface area (Å²) in [4.78, 5) is 14.2. The molecule has 2 saturated heterocycles. The van der Waals surface area contributed by atoms with Gasteiger partial charge in [0.15, 0.2) is 0 Å². The Bertz CT molecular complexity index is 518. The van der Waals surface area contributed by atoms with Crippen LogP contribution in [0.4, 0.5) is 4.39 Å². The zero-order valence-corrected chi connectivity index (χ0v) is 12.6. The number of amides is 1. The Balaban J connectivity index is 1.62. The van der Waals surface area contributed by atoms with E-state index in [1.165, 1.54) is 18.9 Å². The Kier molecular flexibility index (Phi) is 4.24. The van der Waals surface area contributed by atoms with E-state index in [1.807, 2.05) is 6.92 Å². The van der Waals surface area contributed by atoms with E-state index in [0.717, 1.165) is 38.0 Å². The van der Waals surface area contributed by atoms with Crippen LogP contribution in [0.15, 0.2) is 18.2 Å². The molecule has 1 amide bonds. The first-order chi connectivity index (χ1) is 10.1. The molecule has 114 valence electrons. The number of aryl methyl sites for hydroxylation is 1. The topological polar surface area (TPSA) is 32.3 Å². The summed E-state index contributed by atoms with van der Waals surface area (Å²) in [6, 6.07) is 5.46. The summed E-state index contributed by atoms with van der Waals surface area (Å²) in [6.07, 6.45) is 4.57. The molecule has 1 N–H and O–H groups in total. The van der Waals surface area contributed by atoms with E-state index >= 15 is 0 Å². The molecule has 2 heterocycles. The fourth-order valence-corrected chi connectivity index (χ4v) is 3.58. The molecule has 21 heavy (non-hydrogen) atoms. The molecule has 2 aliphatic rings. The van der Waals surface area contributed by atoms with Crippen LogP contribution in [-0.2, 0) is 0 Å². The monoisotopic (exact) mass is 290 g/mol. The van der Waals surface area contributed by atoms with Gasteiger partial charge in [0.05, 0.1) is 5.56 Å². The Morgan fingerprint density at radius 1 is 1.29 bits per heavy atom. The Labute approximate surface area is 125 Å². The summed E-state index contributed by atoms with van der Waals surface area (Å²) in [6.45, 7) is 4.44. The first-order valence-electron chi connectivity index (χ1n) is 7.94. The number of likely N-dealkylation sites (tertiary alicyclic amines) is 1. The van der Waals surface area contributed by atoms with Crippen molar-refractivity contribution in [2.45, 2.75) is 38.6 Å². The quantitative estimate of drug-likeness (QED) is 0.908. The number of halogens is 1. The van der Waals surface area contributed by atoms with Gasteiger partial charge in [-0.05, 0) is 62.8 Å². The molecule has 2 fully saturated rings. The van der Waals surface area contributed by atoms with Gasteiger partial charge in [0.1, 0.15) is 5.82 Å². The first-order valence-corrected chi connectivity index (χ1v) is 7.94. The second-order valence-electron chi connectivity index (χ2n) is 6.32. The van der Waals surface area contributed by atoms with Crippen molar-refractivity contribution in [2.24, 2.45) is 5.92 Å². The van der Waals surface area contributed by atoms with E-state index < -0.39 is 5.82 Å². The van der Waals surface area contributed by atoms with Crippen LogP contribution < -0.4 is 5.32 Å². The molecular formula is C17H23FN2O. The van der Waals surface area contributed by atoms with Crippen LogP contribution >= 0.6 is 0 Å². The second-order valence-corrected chi connectivity index (χ2v) is 6.32. The molecule has 3 nitrogen and oxygen atoms in total. The van der Waals surface area contributed by atoms with Crippen LogP contribution in [0.5, 0.6) is 0 Å². The molecule has 1 atom stereocenters. The van der Waals surface area contributed by atoms with Crippen LogP contribution in [0.3, 0.4) is 0 Å². The van der Waals surface area contributed by atoms with Gasteiger partial charge in [0.2, 0.25) is 0 Å². The van der Waals surface area contributed by atoms with Crippen molar-refractivity contribution in [2.75, 3.05) is 19.6 Å². The molecule has 0 bridgehead atoms. The number of carbonyl (C=O) groups is 1. The number of hydrogen-bond acceptors (Lipinski definition) is 2. The fourth-order valence-electron chi connectivity index (χ4n) is 3.58. The SMILES string of the molecule is Cc1ccc(C(=O)N2CCC(C3CCCN3)CC2)c(F)c1. The average Bonchev–Trinajstić information content (AvgIpc) is 3.01. The standard InChI is InChI=1S/C17H23FN2O/c1-12-4-5-14(15(18)11-12)17(21)20-9-6-13(7-10-20)16-3-2-8-19-16/h4-5,11,13,16,19H,2-3,6-10H2,1H3. The third kappa shape index (κ3) is 3.10. The Morgan fingerprint density at radius 3 is 2.67 bits per heavy atom. The van der Waals surface area contributed by atoms with E-state index in [-0.39, 0.29) is 11.5 Å². The van der Waals surface area contributed by atoms with Crippen LogP contribution in [0, 0.1) is 18.7 Å². The number of piperidine rings is 1. The van der Waals surface area contributed by atoms with Gasteiger partial charge in [0, 0.05) is 19.1 Å². The van der Waals surface area contributed by atoms with Gasteiger partial charge in [-0.15, -0.1) is 0 Å². The van der Waals surface area contributed by atoms with Crippen molar-refractivity contribution in [3.05, 3.63) is 35.1 Å². The molecule has 0 spiro atoms. The Hall–Kier alpha value is -1.42. The number of nitrogens with one attached hydrogen (secondary N) is 1. The molecule has 1 aromatic carbocycles. The van der Waals surface area contributed by atoms with Gasteiger partial charge < -0.3 is 10.2 Å². The predicted octanol–water partition coefficient (Wildman–Crippen LogP) is 2.74. The highest BCUT2D eigenvalue weighted by Gasteiger charge is 2.30. The van der Waals surface area contributed by atoms with Crippen molar-refractivity contribution in [1.29, 1.82) is 0 Å². The largest absolute Gasteiger partial charge is 0.339 e. The highest BCUT2D eigenvalue weighted by atomic mass is 19.1. The van der Waals surface area contributed by atoms with Gasteiger partial charge in [-0.2, -0.15) is 0 Å². The van der Waals surface area contributed by atoms with Crippen LogP contribution in [0.25, 0.3) is 0 Å². The summed E-state index contributed by atoms with van der Waals surface area (Å²) < 4.78 is 13.9. The van der Waals surface area contributed by atoms with Gasteiger partial charge >= 0.3 is 0 Å². The molecule has 0 saturated carbocycles. The van der Waals surface area contributed by atoms with Gasteiger partial charge in [-0.25, -0.2) is 4.39 Å². The van der Waals surface area contributed by atoms with E-state index in [1.54, 1.807) is 17.0 Å². The van der Waals surface area contributed by atoms with E-state index in [2.05, 4.69) is 5.32 Å². The predicted molar refractivity (Wildman–Crippen MR) is 80.8 cm³/mol. The smallest absolute Gasteiger partial charge is 0.256 e. The number of benzene rings is 1. The van der Waals surface area contributed by atoms with E-state index in [9.17, 15) is 9.18 Å². The van der Waals surface area contributed by atoms with Crippen molar-refractivity contribution in [3.63, 3.8) is 0 Å². The van der Waals surface area contributed by atoms with Crippen molar-refractivity contribution < 1.29 is 9.18 Å². The van der Waals surface area contributed by atoms with E-state index in [0.29, 0.717) is 12.0 Å². The van der Waals surface area contributed by atoms with Crippen LogP contribution in [-0.4, -0.2) is 36.5 Å². The third-order valence-electron chi connectivity index (χ3n) is 4.85. The number of carbonyl (C=O) groups excluding carboxylic acids is 1. The molecular weight excluding hydrogens is 267 g/mol. The van der Waals surface area contributed by atoms with Gasteiger partial charge in [-0.3, -0.25) is 4.79 Å². The molecule has 1 aromatic rings. The minimum Gasteiger partial charge on any atom is -0.339 e. The Morgan fingerprint density at radius 2 is 2.05 bits per heavy atom. The maximum absolute atomic E-state index is 13.9. The summed E-state index contributed by atoms with van der Waals surface area (Å²) in [5.74, 6) is 0.101. The lowest BCUT2D eigenvalue weighted by Crippen LogP contribution is -2.43. The van der Waals surface area contributed by atoms with Gasteiger partial charge in [-0.1, -0.05) is 6.07 Å². The summed E-state index contributed by atoms with van der Waals surface area (Å²) >= 11 is 0. The average molecular weight is 290 g/mol. The molecule has 3 rings (SSSR count). The lowest BCUT2D eigenvalue weighted by atomic mass is 9.88. The zero-order valence-electron chi connectivity index (χ0n) is 12.6. The molecule has 2 aliphatic heterocycles. The minimum absolute atomic E-state index is 0.162.